The van der Waals surface area contributed by atoms with Crippen molar-refractivity contribution in [3.05, 3.63) is 107 Å². The predicted octanol–water partition coefficient (Wildman–Crippen LogP) is 4.68. The number of halogens is 1. The van der Waals surface area contributed by atoms with Crippen LogP contribution in [-0.4, -0.2) is 35.4 Å². The molecule has 39 heavy (non-hydrogen) atoms. The number of amides is 2. The minimum atomic E-state index is -3.97. The second-order valence-electron chi connectivity index (χ2n) is 8.18. The molecule has 12 heteroatoms. The Morgan fingerprint density at radius 1 is 1.00 bits per heavy atom. The zero-order valence-corrected chi connectivity index (χ0v) is 22.0. The molecular weight excluding hydrogens is 542 g/mol. The average molecular weight is 564 g/mol. The molecule has 4 N–H and O–H groups in total. The third kappa shape index (κ3) is 6.85. The normalized spacial score (nSPS) is 11.3. The van der Waals surface area contributed by atoms with Crippen LogP contribution in [0.5, 0.6) is 0 Å². The highest BCUT2D eigenvalue weighted by Crippen LogP contribution is 2.29. The molecule has 0 spiro atoms. The predicted molar refractivity (Wildman–Crippen MR) is 148 cm³/mol. The van der Waals surface area contributed by atoms with E-state index in [0.29, 0.717) is 33.2 Å². The van der Waals surface area contributed by atoms with Gasteiger partial charge in [0.2, 0.25) is 0 Å². The van der Waals surface area contributed by atoms with E-state index in [9.17, 15) is 18.0 Å². The Kier molecular flexibility index (Phi) is 8.35. The fraction of sp³-hybridized carbons (Fsp3) is 0.0370. The highest BCUT2D eigenvalue weighted by atomic mass is 35.5. The molecule has 0 fully saturated rings. The number of sulfonamides is 1. The molecule has 2 aromatic carbocycles. The molecule has 0 aliphatic carbocycles. The number of anilines is 2. The summed E-state index contributed by atoms with van der Waals surface area (Å²) in [4.78, 5) is 32.5. The summed E-state index contributed by atoms with van der Waals surface area (Å²) >= 11 is 6.32. The number of rotatable bonds is 8. The van der Waals surface area contributed by atoms with Crippen LogP contribution in [0, 0.1) is 6.92 Å². The topological polar surface area (TPSA) is 150 Å². The Bertz CT molecular complexity index is 1660. The number of aryl methyl sites for hydroxylation is 1. The second-order valence-corrected chi connectivity index (χ2v) is 10.3. The first-order valence-electron chi connectivity index (χ1n) is 11.4. The molecule has 0 aliphatic rings. The first kappa shape index (κ1) is 27.5. The van der Waals surface area contributed by atoms with Gasteiger partial charge in [-0.15, -0.1) is 0 Å². The van der Waals surface area contributed by atoms with Crippen LogP contribution in [0.25, 0.3) is 17.3 Å². The van der Waals surface area contributed by atoms with Crippen molar-refractivity contribution in [3.63, 3.8) is 0 Å². The SMILES string of the molecule is Cc1nc(NS(=O)(=O)c2ccc(C=CC(=O)NO)cc2)ccc1C(=O)Nc1ccc(Cl)c(-c2ccccn2)c1. The molecule has 4 aromatic rings. The van der Waals surface area contributed by atoms with Crippen LogP contribution < -0.4 is 15.5 Å². The number of carbonyl (C=O) groups excluding carboxylic acids is 2. The van der Waals surface area contributed by atoms with Gasteiger partial charge in [0.05, 0.1) is 26.9 Å². The second kappa shape index (κ2) is 11.9. The molecular formula is C27H22ClN5O5S. The number of hydrogen-bond acceptors (Lipinski definition) is 7. The number of nitrogens with one attached hydrogen (secondary N) is 3. The lowest BCUT2D eigenvalue weighted by atomic mass is 10.1. The number of pyridine rings is 2. The van der Waals surface area contributed by atoms with Gasteiger partial charge in [0, 0.05) is 23.5 Å². The lowest BCUT2D eigenvalue weighted by Gasteiger charge is -2.12. The molecule has 2 aromatic heterocycles. The van der Waals surface area contributed by atoms with E-state index in [1.807, 2.05) is 12.1 Å². The van der Waals surface area contributed by atoms with E-state index in [2.05, 4.69) is 20.0 Å². The van der Waals surface area contributed by atoms with E-state index in [1.165, 1.54) is 48.0 Å². The van der Waals surface area contributed by atoms with Crippen LogP contribution in [0.1, 0.15) is 21.6 Å². The largest absolute Gasteiger partial charge is 0.322 e. The van der Waals surface area contributed by atoms with Gasteiger partial charge in [-0.2, -0.15) is 0 Å². The molecule has 2 heterocycles. The van der Waals surface area contributed by atoms with Gasteiger partial charge in [0.25, 0.3) is 21.8 Å². The minimum absolute atomic E-state index is 0.0287. The van der Waals surface area contributed by atoms with Crippen LogP contribution in [0.15, 0.2) is 90.0 Å². The molecule has 0 aliphatic heterocycles. The Morgan fingerprint density at radius 3 is 2.44 bits per heavy atom. The molecule has 0 unspecified atom stereocenters. The lowest BCUT2D eigenvalue weighted by molar-refractivity contribution is -0.124. The maximum Gasteiger partial charge on any atom is 0.267 e. The molecule has 0 saturated heterocycles. The third-order valence-electron chi connectivity index (χ3n) is 5.46. The number of benzene rings is 2. The first-order valence-corrected chi connectivity index (χ1v) is 13.3. The highest BCUT2D eigenvalue weighted by Gasteiger charge is 2.17. The Labute approximate surface area is 229 Å². The standard InChI is InChI=1S/C27H22ClN5O5S/c1-17-21(27(35)31-19-8-12-23(28)22(16-19)24-4-2-3-15-29-24)11-13-25(30-17)33-39(37,38)20-9-5-18(6-10-20)7-14-26(34)32-36/h2-16,36H,1H3,(H,30,33)(H,31,35)(H,32,34). The number of hydroxylamine groups is 1. The van der Waals surface area contributed by atoms with Gasteiger partial charge < -0.3 is 5.32 Å². The van der Waals surface area contributed by atoms with Crippen molar-refractivity contribution in [3.8, 4) is 11.3 Å². The highest BCUT2D eigenvalue weighted by molar-refractivity contribution is 7.92. The molecule has 0 atom stereocenters. The van der Waals surface area contributed by atoms with Crippen LogP contribution in [0.2, 0.25) is 5.02 Å². The van der Waals surface area contributed by atoms with E-state index in [1.54, 1.807) is 37.4 Å². The van der Waals surface area contributed by atoms with E-state index >= 15 is 0 Å². The monoisotopic (exact) mass is 563 g/mol. The summed E-state index contributed by atoms with van der Waals surface area (Å²) < 4.78 is 28.0. The average Bonchev–Trinajstić information content (AvgIpc) is 2.93. The van der Waals surface area contributed by atoms with Gasteiger partial charge >= 0.3 is 0 Å². The maximum atomic E-state index is 12.9. The molecule has 0 bridgehead atoms. The Balaban J connectivity index is 1.47. The molecule has 0 saturated carbocycles. The van der Waals surface area contributed by atoms with Crippen molar-refractivity contribution in [2.24, 2.45) is 0 Å². The van der Waals surface area contributed by atoms with Crippen LogP contribution in [-0.2, 0) is 14.8 Å². The van der Waals surface area contributed by atoms with Crippen molar-refractivity contribution in [2.45, 2.75) is 11.8 Å². The summed E-state index contributed by atoms with van der Waals surface area (Å²) in [5, 5.41) is 11.8. The van der Waals surface area contributed by atoms with Crippen molar-refractivity contribution in [1.29, 1.82) is 0 Å². The summed E-state index contributed by atoms with van der Waals surface area (Å²) in [7, 11) is -3.97. The summed E-state index contributed by atoms with van der Waals surface area (Å²) in [5.41, 5.74) is 4.42. The fourth-order valence-electron chi connectivity index (χ4n) is 3.54. The molecule has 198 valence electrons. The van der Waals surface area contributed by atoms with Crippen molar-refractivity contribution in [2.75, 3.05) is 10.0 Å². The molecule has 10 nitrogen and oxygen atoms in total. The van der Waals surface area contributed by atoms with Crippen LogP contribution in [0.3, 0.4) is 0 Å². The van der Waals surface area contributed by atoms with Gasteiger partial charge in [0.1, 0.15) is 5.82 Å². The van der Waals surface area contributed by atoms with E-state index in [-0.39, 0.29) is 16.3 Å². The number of aromatic nitrogens is 2. The van der Waals surface area contributed by atoms with Gasteiger partial charge in [-0.1, -0.05) is 29.8 Å². The third-order valence-corrected chi connectivity index (χ3v) is 7.16. The summed E-state index contributed by atoms with van der Waals surface area (Å²) in [5.74, 6) is -1.10. The Morgan fingerprint density at radius 2 is 1.77 bits per heavy atom. The fourth-order valence-corrected chi connectivity index (χ4v) is 4.76. The van der Waals surface area contributed by atoms with Gasteiger partial charge in [-0.3, -0.25) is 24.5 Å². The summed E-state index contributed by atoms with van der Waals surface area (Å²) in [6, 6.07) is 19.1. The number of hydrogen-bond donors (Lipinski definition) is 4. The van der Waals surface area contributed by atoms with Gasteiger partial charge in [-0.05, 0) is 73.2 Å². The van der Waals surface area contributed by atoms with E-state index in [4.69, 9.17) is 16.8 Å². The van der Waals surface area contributed by atoms with Gasteiger partial charge in [-0.25, -0.2) is 18.9 Å². The maximum absolute atomic E-state index is 12.9. The van der Waals surface area contributed by atoms with Crippen LogP contribution in [0.4, 0.5) is 11.5 Å². The van der Waals surface area contributed by atoms with E-state index < -0.39 is 21.8 Å². The lowest BCUT2D eigenvalue weighted by Crippen LogP contribution is -2.17. The van der Waals surface area contributed by atoms with Crippen LogP contribution >= 0.6 is 11.6 Å². The number of carbonyl (C=O) groups is 2. The first-order chi connectivity index (χ1) is 18.7. The summed E-state index contributed by atoms with van der Waals surface area (Å²) in [6.07, 6.45) is 4.15. The zero-order valence-electron chi connectivity index (χ0n) is 20.4. The van der Waals surface area contributed by atoms with Crippen molar-refractivity contribution in [1.82, 2.24) is 15.4 Å². The van der Waals surface area contributed by atoms with Gasteiger partial charge in [0.15, 0.2) is 0 Å². The molecule has 4 rings (SSSR count). The van der Waals surface area contributed by atoms with Crippen molar-refractivity contribution < 1.29 is 23.2 Å². The summed E-state index contributed by atoms with van der Waals surface area (Å²) in [6.45, 7) is 1.59. The quantitative estimate of drug-likeness (QED) is 0.138. The zero-order chi connectivity index (χ0) is 28.0. The minimum Gasteiger partial charge on any atom is -0.322 e. The smallest absolute Gasteiger partial charge is 0.267 e. The molecule has 0 radical (unpaired) electrons. The Hall–Kier alpha value is -4.58. The van der Waals surface area contributed by atoms with E-state index in [0.717, 1.165) is 6.08 Å². The number of nitrogens with zero attached hydrogens (tertiary/aromatic N) is 2. The van der Waals surface area contributed by atoms with Crippen molar-refractivity contribution >= 4 is 51.0 Å². The molecule has 2 amide bonds.